The first-order valence-electron chi connectivity index (χ1n) is 4.50. The fraction of sp³-hybridized carbons (Fsp3) is 0.364. The highest BCUT2D eigenvalue weighted by Crippen LogP contribution is 2.00. The van der Waals surface area contributed by atoms with Crippen LogP contribution in [0.2, 0.25) is 0 Å². The van der Waals surface area contributed by atoms with Crippen LogP contribution in [0, 0.1) is 0 Å². The molecule has 13 heavy (non-hydrogen) atoms. The molecule has 1 amide bonds. The van der Waals surface area contributed by atoms with Crippen molar-refractivity contribution < 1.29 is 4.79 Å². The molecule has 2 nitrogen and oxygen atoms in total. The SMILES string of the molecule is CCCc1ccccc1.CNC=O. The van der Waals surface area contributed by atoms with E-state index in [0.29, 0.717) is 6.41 Å². The lowest BCUT2D eigenvalue weighted by Crippen LogP contribution is -1.98. The zero-order valence-corrected chi connectivity index (χ0v) is 8.29. The molecule has 1 N–H and O–H groups in total. The number of carbonyl (C=O) groups is 1. The number of benzene rings is 1. The molecule has 0 aliphatic heterocycles. The fourth-order valence-corrected chi connectivity index (χ4v) is 0.933. The molecule has 0 aromatic heterocycles. The van der Waals surface area contributed by atoms with Gasteiger partial charge in [0.2, 0.25) is 6.41 Å². The molecule has 0 saturated carbocycles. The van der Waals surface area contributed by atoms with E-state index >= 15 is 0 Å². The molecular weight excluding hydrogens is 162 g/mol. The third kappa shape index (κ3) is 7.06. The van der Waals surface area contributed by atoms with Crippen molar-refractivity contribution in [3.63, 3.8) is 0 Å². The van der Waals surface area contributed by atoms with E-state index < -0.39 is 0 Å². The van der Waals surface area contributed by atoms with Crippen LogP contribution in [0.1, 0.15) is 18.9 Å². The van der Waals surface area contributed by atoms with Crippen LogP contribution in [0.15, 0.2) is 30.3 Å². The van der Waals surface area contributed by atoms with Crippen LogP contribution in [0.25, 0.3) is 0 Å². The summed E-state index contributed by atoms with van der Waals surface area (Å²) in [6.45, 7) is 2.20. The summed E-state index contributed by atoms with van der Waals surface area (Å²) in [4.78, 5) is 9.06. The first-order valence-corrected chi connectivity index (χ1v) is 4.50. The van der Waals surface area contributed by atoms with Crippen LogP contribution in [0.5, 0.6) is 0 Å². The maximum Gasteiger partial charge on any atom is 0.206 e. The highest BCUT2D eigenvalue weighted by Gasteiger charge is 1.84. The predicted octanol–water partition coefficient (Wildman–Crippen LogP) is 2.00. The van der Waals surface area contributed by atoms with E-state index in [0.717, 1.165) is 0 Å². The Balaban J connectivity index is 0.000000310. The van der Waals surface area contributed by atoms with E-state index in [1.807, 2.05) is 0 Å². The Labute approximate surface area is 80.0 Å². The van der Waals surface area contributed by atoms with Crippen molar-refractivity contribution in [1.82, 2.24) is 5.32 Å². The standard InChI is InChI=1S/C9H12.C2H5NO/c1-2-6-9-7-4-3-5-8-9;1-3-2-4/h3-5,7-8H,2,6H2,1H3;2H,1H3,(H,3,4). The summed E-state index contributed by atoms with van der Waals surface area (Å²) in [5.41, 5.74) is 1.44. The lowest BCUT2D eigenvalue weighted by atomic mass is 10.1. The largest absolute Gasteiger partial charge is 0.362 e. The molecule has 72 valence electrons. The topological polar surface area (TPSA) is 29.1 Å². The van der Waals surface area contributed by atoms with Crippen molar-refractivity contribution in [2.75, 3.05) is 7.05 Å². The van der Waals surface area contributed by atoms with E-state index in [-0.39, 0.29) is 0 Å². The van der Waals surface area contributed by atoms with Crippen LogP contribution in [-0.2, 0) is 11.2 Å². The molecule has 2 heteroatoms. The molecule has 1 rings (SSSR count). The van der Waals surface area contributed by atoms with Crippen LogP contribution < -0.4 is 5.32 Å². The normalized spacial score (nSPS) is 8.15. The molecule has 0 fully saturated rings. The van der Waals surface area contributed by atoms with Gasteiger partial charge >= 0.3 is 0 Å². The molecule has 1 aromatic rings. The van der Waals surface area contributed by atoms with Crippen molar-refractivity contribution >= 4 is 6.41 Å². The number of amides is 1. The zero-order valence-electron chi connectivity index (χ0n) is 8.29. The quantitative estimate of drug-likeness (QED) is 0.706. The van der Waals surface area contributed by atoms with Crippen LogP contribution >= 0.6 is 0 Å². The van der Waals surface area contributed by atoms with E-state index in [9.17, 15) is 0 Å². The van der Waals surface area contributed by atoms with Gasteiger partial charge in [0, 0.05) is 7.05 Å². The maximum atomic E-state index is 9.06. The van der Waals surface area contributed by atoms with Crippen LogP contribution in [-0.4, -0.2) is 13.5 Å². The van der Waals surface area contributed by atoms with Gasteiger partial charge in [-0.15, -0.1) is 0 Å². The van der Waals surface area contributed by atoms with Crippen LogP contribution in [0.3, 0.4) is 0 Å². The Morgan fingerprint density at radius 2 is 1.85 bits per heavy atom. The van der Waals surface area contributed by atoms with E-state index in [4.69, 9.17) is 4.79 Å². The van der Waals surface area contributed by atoms with Gasteiger partial charge in [0.15, 0.2) is 0 Å². The highest BCUT2D eigenvalue weighted by molar-refractivity contribution is 5.44. The number of nitrogens with one attached hydrogen (secondary N) is 1. The zero-order chi connectivity index (χ0) is 9.94. The second-order valence-electron chi connectivity index (χ2n) is 2.64. The minimum Gasteiger partial charge on any atom is -0.362 e. The van der Waals surface area contributed by atoms with Gasteiger partial charge in [0.05, 0.1) is 0 Å². The fourth-order valence-electron chi connectivity index (χ4n) is 0.933. The molecule has 1 aromatic carbocycles. The first-order chi connectivity index (χ1) is 6.35. The highest BCUT2D eigenvalue weighted by atomic mass is 16.1. The molecule has 0 saturated heterocycles. The number of hydrogen-bond donors (Lipinski definition) is 1. The second kappa shape index (κ2) is 8.78. The van der Waals surface area contributed by atoms with Gasteiger partial charge in [0.25, 0.3) is 0 Å². The lowest BCUT2D eigenvalue weighted by Gasteiger charge is -1.93. The van der Waals surface area contributed by atoms with Gasteiger partial charge < -0.3 is 5.32 Å². The van der Waals surface area contributed by atoms with Crippen LogP contribution in [0.4, 0.5) is 0 Å². The number of hydrogen-bond acceptors (Lipinski definition) is 1. The minimum absolute atomic E-state index is 0.625. The summed E-state index contributed by atoms with van der Waals surface area (Å²) >= 11 is 0. The van der Waals surface area contributed by atoms with E-state index in [2.05, 4.69) is 42.6 Å². The monoisotopic (exact) mass is 179 g/mol. The average Bonchev–Trinajstić information content (AvgIpc) is 2.20. The molecule has 0 aliphatic rings. The number of carbonyl (C=O) groups excluding carboxylic acids is 1. The second-order valence-corrected chi connectivity index (χ2v) is 2.64. The summed E-state index contributed by atoms with van der Waals surface area (Å²) in [6, 6.07) is 10.6. The molecule has 0 aliphatic carbocycles. The van der Waals surface area contributed by atoms with E-state index in [1.165, 1.54) is 18.4 Å². The van der Waals surface area contributed by atoms with Gasteiger partial charge in [-0.2, -0.15) is 0 Å². The molecule has 0 radical (unpaired) electrons. The van der Waals surface area contributed by atoms with Crippen molar-refractivity contribution in [2.24, 2.45) is 0 Å². The Kier molecular flexibility index (Phi) is 7.90. The Bertz CT molecular complexity index is 209. The first kappa shape index (κ1) is 11.7. The third-order valence-electron chi connectivity index (χ3n) is 1.50. The smallest absolute Gasteiger partial charge is 0.206 e. The molecule has 0 bridgehead atoms. The van der Waals surface area contributed by atoms with Crippen molar-refractivity contribution in [3.8, 4) is 0 Å². The number of aryl methyl sites for hydroxylation is 1. The molecule has 0 unspecified atom stereocenters. The molecule has 0 spiro atoms. The Hall–Kier alpha value is -1.31. The summed E-state index contributed by atoms with van der Waals surface area (Å²) in [6.07, 6.45) is 3.07. The predicted molar refractivity (Wildman–Crippen MR) is 55.6 cm³/mol. The van der Waals surface area contributed by atoms with Crippen molar-refractivity contribution in [3.05, 3.63) is 35.9 Å². The third-order valence-corrected chi connectivity index (χ3v) is 1.50. The van der Waals surface area contributed by atoms with Gasteiger partial charge in [-0.25, -0.2) is 0 Å². The van der Waals surface area contributed by atoms with E-state index in [1.54, 1.807) is 7.05 Å². The van der Waals surface area contributed by atoms with Gasteiger partial charge in [0.1, 0.15) is 0 Å². The molecular formula is C11H17NO. The summed E-state index contributed by atoms with van der Waals surface area (Å²) in [5, 5.41) is 2.25. The van der Waals surface area contributed by atoms with Crippen molar-refractivity contribution in [2.45, 2.75) is 19.8 Å². The number of rotatable bonds is 3. The average molecular weight is 179 g/mol. The summed E-state index contributed by atoms with van der Waals surface area (Å²) in [7, 11) is 1.56. The van der Waals surface area contributed by atoms with Gasteiger partial charge in [-0.05, 0) is 12.0 Å². The summed E-state index contributed by atoms with van der Waals surface area (Å²) < 4.78 is 0. The summed E-state index contributed by atoms with van der Waals surface area (Å²) in [5.74, 6) is 0. The van der Waals surface area contributed by atoms with Gasteiger partial charge in [-0.1, -0.05) is 43.7 Å². The van der Waals surface area contributed by atoms with Gasteiger partial charge in [-0.3, -0.25) is 4.79 Å². The lowest BCUT2D eigenvalue weighted by molar-refractivity contribution is -0.109. The molecule has 0 atom stereocenters. The minimum atomic E-state index is 0.625. The maximum absolute atomic E-state index is 9.06. The Morgan fingerprint density at radius 3 is 2.23 bits per heavy atom. The molecule has 0 heterocycles. The Morgan fingerprint density at radius 1 is 1.31 bits per heavy atom. The van der Waals surface area contributed by atoms with Crippen molar-refractivity contribution in [1.29, 1.82) is 0 Å².